The molecule has 0 aromatic heterocycles. The van der Waals surface area contributed by atoms with Crippen LogP contribution in [0, 0.1) is 0 Å². The zero-order valence-corrected chi connectivity index (χ0v) is 42.8. The van der Waals surface area contributed by atoms with Gasteiger partial charge in [0.15, 0.2) is 6.29 Å². The molecule has 2 unspecified atom stereocenters. The lowest BCUT2D eigenvalue weighted by Crippen LogP contribution is -2.37. The maximum absolute atomic E-state index is 11.3. The molecule has 0 radical (unpaired) electrons. The third-order valence-corrected chi connectivity index (χ3v) is 12.2. The van der Waals surface area contributed by atoms with Gasteiger partial charge in [-0.2, -0.15) is 0 Å². The molecule has 1 heterocycles. The number of fused-ring (bicyclic) bond motifs is 1. The minimum atomic E-state index is -0.927. The molecule has 368 valence electrons. The Morgan fingerprint density at radius 3 is 1.32 bits per heavy atom. The Hall–Kier alpha value is -4.24. The number of hydrogen-bond acceptors (Lipinski definition) is 13. The van der Waals surface area contributed by atoms with E-state index in [-0.39, 0.29) is 11.9 Å². The number of rotatable bonds is 28. The van der Waals surface area contributed by atoms with Crippen molar-refractivity contribution in [1.82, 2.24) is 0 Å². The van der Waals surface area contributed by atoms with E-state index in [4.69, 9.17) is 37.9 Å². The Bertz CT molecular complexity index is 1920. The van der Waals surface area contributed by atoms with Crippen LogP contribution in [0.4, 0.5) is 17.1 Å². The Morgan fingerprint density at radius 1 is 0.545 bits per heavy atom. The lowest BCUT2D eigenvalue weighted by atomic mass is 9.79. The monoisotopic (exact) mass is 920 g/mol. The predicted molar refractivity (Wildman–Crippen MR) is 263 cm³/mol. The molecule has 2 atom stereocenters. The van der Waals surface area contributed by atoms with Crippen molar-refractivity contribution in [1.29, 1.82) is 0 Å². The summed E-state index contributed by atoms with van der Waals surface area (Å²) in [7, 11) is 9.85. The summed E-state index contributed by atoms with van der Waals surface area (Å²) in [6, 6.07) is 23.7. The fourth-order valence-electron chi connectivity index (χ4n) is 7.87. The molecule has 66 heavy (non-hydrogen) atoms. The van der Waals surface area contributed by atoms with Gasteiger partial charge in [-0.05, 0) is 116 Å². The summed E-state index contributed by atoms with van der Waals surface area (Å²) in [6.45, 7) is 23.1. The zero-order valence-electron chi connectivity index (χ0n) is 42.8. The van der Waals surface area contributed by atoms with Crippen molar-refractivity contribution in [2.24, 2.45) is 0 Å². The Kier molecular flexibility index (Phi) is 19.5. The van der Waals surface area contributed by atoms with E-state index in [0.29, 0.717) is 78.4 Å². The highest BCUT2D eigenvalue weighted by molar-refractivity contribution is 5.66. The van der Waals surface area contributed by atoms with E-state index in [9.17, 15) is 9.59 Å². The zero-order chi connectivity index (χ0) is 48.9. The lowest BCUT2D eigenvalue weighted by molar-refractivity contribution is -0.159. The molecule has 1 aliphatic rings. The van der Waals surface area contributed by atoms with Gasteiger partial charge in [0.05, 0.1) is 62.0 Å². The van der Waals surface area contributed by atoms with Gasteiger partial charge in [0, 0.05) is 103 Å². The van der Waals surface area contributed by atoms with Gasteiger partial charge in [0.2, 0.25) is 0 Å². The van der Waals surface area contributed by atoms with E-state index in [1.807, 2.05) is 55.9 Å². The molecule has 0 N–H and O–H groups in total. The molecule has 0 aliphatic carbocycles. The third-order valence-electron chi connectivity index (χ3n) is 12.2. The highest BCUT2D eigenvalue weighted by atomic mass is 16.7. The Balaban J connectivity index is 1.57. The summed E-state index contributed by atoms with van der Waals surface area (Å²) >= 11 is 0. The Morgan fingerprint density at radius 2 is 0.924 bits per heavy atom. The summed E-state index contributed by atoms with van der Waals surface area (Å²) in [5.74, 6) is -0.578. The number of carbonyl (C=O) groups excluding carboxylic acids is 2. The molecule has 0 spiro atoms. The molecule has 0 amide bonds. The summed E-state index contributed by atoms with van der Waals surface area (Å²) in [5, 5.41) is 0. The van der Waals surface area contributed by atoms with Gasteiger partial charge in [-0.15, -0.1) is 0 Å². The number of carbonyl (C=O) groups is 2. The van der Waals surface area contributed by atoms with Gasteiger partial charge in [-0.1, -0.05) is 30.3 Å². The molecule has 0 saturated heterocycles. The summed E-state index contributed by atoms with van der Waals surface area (Å²) in [4.78, 5) is 29.0. The molecule has 13 nitrogen and oxygen atoms in total. The van der Waals surface area contributed by atoms with E-state index in [0.717, 1.165) is 39.3 Å². The van der Waals surface area contributed by atoms with Crippen LogP contribution in [0.25, 0.3) is 0 Å². The van der Waals surface area contributed by atoms with Crippen LogP contribution in [-0.4, -0.2) is 122 Å². The molecular weight excluding hydrogens is 839 g/mol. The van der Waals surface area contributed by atoms with Crippen LogP contribution in [0.5, 0.6) is 0 Å². The largest absolute Gasteiger partial charge is 0.466 e. The van der Waals surface area contributed by atoms with Crippen molar-refractivity contribution in [2.75, 3.05) is 103 Å². The van der Waals surface area contributed by atoms with Crippen molar-refractivity contribution in [3.63, 3.8) is 0 Å². The molecule has 13 heteroatoms. The van der Waals surface area contributed by atoms with Crippen molar-refractivity contribution in [2.45, 2.75) is 129 Å². The highest BCUT2D eigenvalue weighted by Crippen LogP contribution is 2.53. The van der Waals surface area contributed by atoms with Crippen LogP contribution < -0.4 is 14.7 Å². The number of esters is 2. The first-order valence-electron chi connectivity index (χ1n) is 23.4. The van der Waals surface area contributed by atoms with Gasteiger partial charge < -0.3 is 52.6 Å². The number of nitrogens with zero attached hydrogens (tertiary/aromatic N) is 3. The first kappa shape index (κ1) is 54.4. The topological polar surface area (TPSA) is 118 Å². The molecule has 3 aromatic rings. The molecule has 3 aromatic carbocycles. The minimum Gasteiger partial charge on any atom is -0.466 e. The van der Waals surface area contributed by atoms with Gasteiger partial charge in [-0.3, -0.25) is 9.59 Å². The minimum absolute atomic E-state index is 0.289. The van der Waals surface area contributed by atoms with Crippen LogP contribution in [0.15, 0.2) is 66.7 Å². The van der Waals surface area contributed by atoms with Crippen molar-refractivity contribution in [3.8, 4) is 0 Å². The summed E-state index contributed by atoms with van der Waals surface area (Å²) < 4.78 is 48.9. The van der Waals surface area contributed by atoms with E-state index in [1.165, 1.54) is 13.8 Å². The fraction of sp³-hybridized carbons (Fsp3) is 0.623. The third kappa shape index (κ3) is 15.9. The first-order valence-corrected chi connectivity index (χ1v) is 23.4. The number of hydrogen-bond donors (Lipinski definition) is 0. The van der Waals surface area contributed by atoms with E-state index in [1.54, 1.807) is 7.11 Å². The second-order valence-electron chi connectivity index (χ2n) is 20.1. The standard InChI is InChI=1S/C53H81N3O10/c1-39(57)60-32-26-49(3,4)62-34-28-51(7,8)64-36-30-56(31-37-65-52(9,10)29-35-63-50(5,6)27-33-61-40(2)58)44-22-18-42(19-23-44)53(41-16-20-43(21-17-41)54(11)12)47-25-24-45(55(13)14)38-46(47)48(59-15)66-53/h16-25,38,48H,26-37H2,1-15H3. The number of benzene rings is 3. The van der Waals surface area contributed by atoms with Crippen LogP contribution in [0.2, 0.25) is 0 Å². The van der Waals surface area contributed by atoms with Gasteiger partial charge in [0.25, 0.3) is 0 Å². The van der Waals surface area contributed by atoms with E-state index >= 15 is 0 Å². The quantitative estimate of drug-likeness (QED) is 0.0645. The van der Waals surface area contributed by atoms with E-state index in [2.05, 4.69) is 109 Å². The summed E-state index contributed by atoms with van der Waals surface area (Å²) in [5.41, 5.74) is 4.55. The maximum Gasteiger partial charge on any atom is 0.302 e. The highest BCUT2D eigenvalue weighted by Gasteiger charge is 2.48. The molecule has 0 bridgehead atoms. The average Bonchev–Trinajstić information content (AvgIpc) is 3.57. The normalized spacial score (nSPS) is 16.5. The molecular formula is C53H81N3O10. The smallest absolute Gasteiger partial charge is 0.302 e. The van der Waals surface area contributed by atoms with Gasteiger partial charge in [-0.25, -0.2) is 0 Å². The fourth-order valence-corrected chi connectivity index (χ4v) is 7.87. The number of ether oxygens (including phenoxy) is 8. The number of anilines is 3. The lowest BCUT2D eigenvalue weighted by Gasteiger charge is -2.34. The van der Waals surface area contributed by atoms with Crippen LogP contribution in [-0.2, 0) is 53.1 Å². The van der Waals surface area contributed by atoms with Crippen molar-refractivity contribution in [3.05, 3.63) is 89.0 Å². The molecule has 4 rings (SSSR count). The first-order chi connectivity index (χ1) is 30.9. The second-order valence-corrected chi connectivity index (χ2v) is 20.1. The maximum atomic E-state index is 11.3. The molecule has 1 aliphatic heterocycles. The molecule has 0 fully saturated rings. The van der Waals surface area contributed by atoms with Crippen LogP contribution in [0.1, 0.15) is 123 Å². The predicted octanol–water partition coefficient (Wildman–Crippen LogP) is 9.46. The van der Waals surface area contributed by atoms with Crippen LogP contribution >= 0.6 is 0 Å². The van der Waals surface area contributed by atoms with Crippen molar-refractivity contribution >= 4 is 29.0 Å². The van der Waals surface area contributed by atoms with Crippen LogP contribution in [0.3, 0.4) is 0 Å². The van der Waals surface area contributed by atoms with Crippen molar-refractivity contribution < 1.29 is 47.5 Å². The Labute approximate surface area is 396 Å². The number of methoxy groups -OCH3 is 1. The van der Waals surface area contributed by atoms with Gasteiger partial charge in [0.1, 0.15) is 5.60 Å². The van der Waals surface area contributed by atoms with Gasteiger partial charge >= 0.3 is 11.9 Å². The average molecular weight is 920 g/mol. The van der Waals surface area contributed by atoms with E-state index < -0.39 is 34.3 Å². The SMILES string of the molecule is COC1OC(c2ccc(N(C)C)cc2)(c2ccc(N(CCOC(C)(C)CCOC(C)(C)CCOC(C)=O)CCOC(C)(C)CCOC(C)(C)CCOC(C)=O)cc2)c2ccc(N(C)C)cc21. The second kappa shape index (κ2) is 23.7. The summed E-state index contributed by atoms with van der Waals surface area (Å²) in [6.07, 6.45) is 2.03. The molecule has 0 saturated carbocycles.